The third-order valence-electron chi connectivity index (χ3n) is 4.38. The van der Waals surface area contributed by atoms with Gasteiger partial charge in [-0.3, -0.25) is 0 Å². The molecule has 3 rings (SSSR count). The summed E-state index contributed by atoms with van der Waals surface area (Å²) in [6.45, 7) is 2.23. The van der Waals surface area contributed by atoms with Crippen molar-refractivity contribution in [1.29, 1.82) is 5.26 Å². The lowest BCUT2D eigenvalue weighted by atomic mass is 10.0. The highest BCUT2D eigenvalue weighted by Gasteiger charge is 2.12. The average Bonchev–Trinajstić information content (AvgIpc) is 2.74. The molecule has 3 aromatic rings. The maximum absolute atomic E-state index is 8.87. The zero-order valence-corrected chi connectivity index (χ0v) is 17.3. The normalized spacial score (nSPS) is 10.7. The van der Waals surface area contributed by atoms with Gasteiger partial charge in [0.15, 0.2) is 0 Å². The zero-order valence-electron chi connectivity index (χ0n) is 16.5. The van der Waals surface area contributed by atoms with Gasteiger partial charge in [-0.1, -0.05) is 44.0 Å². The number of aryl methyl sites for hydroxylation is 1. The van der Waals surface area contributed by atoms with E-state index in [1.54, 1.807) is 18.4 Å². The molecule has 0 unspecified atom stereocenters. The van der Waals surface area contributed by atoms with Gasteiger partial charge in [-0.25, -0.2) is 23.1 Å². The monoisotopic (exact) mass is 427 g/mol. The van der Waals surface area contributed by atoms with Crippen molar-refractivity contribution in [3.8, 4) is 28.5 Å². The van der Waals surface area contributed by atoms with E-state index in [-0.39, 0.29) is 0 Å². The number of rotatable bonds is 6. The molecular weight excluding hydrogens is 406 g/mol. The molecule has 0 radical (unpaired) electrons. The van der Waals surface area contributed by atoms with Crippen molar-refractivity contribution in [2.24, 2.45) is 0 Å². The summed E-state index contributed by atoms with van der Waals surface area (Å²) in [5.41, 5.74) is 5.24. The number of hydrogen-bond donors (Lipinski definition) is 0. The molecule has 6 nitrogen and oxygen atoms in total. The second kappa shape index (κ2) is 11.4. The molecule has 0 aliphatic rings. The van der Waals surface area contributed by atoms with Crippen molar-refractivity contribution in [3.05, 3.63) is 78.1 Å². The van der Waals surface area contributed by atoms with Crippen LogP contribution in [0.1, 0.15) is 37.3 Å². The van der Waals surface area contributed by atoms with E-state index < -0.39 is 10.2 Å². The molecule has 0 aliphatic carbocycles. The molecule has 2 aromatic carbocycles. The third kappa shape index (κ3) is 8.29. The Morgan fingerprint density at radius 2 is 1.37 bits per heavy atom. The van der Waals surface area contributed by atoms with Crippen LogP contribution < -0.4 is 18.6 Å². The molecule has 0 spiro atoms. The molecule has 0 fully saturated rings. The van der Waals surface area contributed by atoms with Crippen LogP contribution in [0.3, 0.4) is 0 Å². The number of nitrogens with zero attached hydrogens (tertiary/aromatic N) is 1. The minimum Gasteiger partial charge on any atom is -0.222 e. The van der Waals surface area contributed by atoms with Gasteiger partial charge in [-0.15, -0.1) is 10.2 Å². The molecule has 0 saturated carbocycles. The van der Waals surface area contributed by atoms with Crippen LogP contribution in [0.5, 0.6) is 0 Å². The molecule has 0 amide bonds. The summed E-state index contributed by atoms with van der Waals surface area (Å²) in [5, 5.41) is 8.87. The third-order valence-corrected chi connectivity index (χ3v) is 4.38. The standard InChI is InChI=1S/C23H22NO.ClHO4/c1-2-3-4-5-18-6-10-20(11-7-18)22-14-15-23(25-17-22)21-12-8-19(16-24)9-13-21;2-1(3,4)5/h6-15,17H,2-5H2,1H3;(H,2,3,4,5)/q+1;/p-1. The van der Waals surface area contributed by atoms with Crippen molar-refractivity contribution >= 4 is 0 Å². The predicted octanol–water partition coefficient (Wildman–Crippen LogP) is 1.74. The summed E-state index contributed by atoms with van der Waals surface area (Å²) in [4.78, 5) is 0. The summed E-state index contributed by atoms with van der Waals surface area (Å²) in [5.74, 6) is 0.796. The van der Waals surface area contributed by atoms with E-state index in [9.17, 15) is 0 Å². The number of nitriles is 1. The molecule has 0 saturated heterocycles. The van der Waals surface area contributed by atoms with E-state index in [1.165, 1.54) is 24.8 Å². The number of hydrogen-bond acceptors (Lipinski definition) is 5. The Labute approximate surface area is 178 Å². The Kier molecular flexibility index (Phi) is 8.93. The van der Waals surface area contributed by atoms with Crippen molar-refractivity contribution < 1.29 is 33.3 Å². The van der Waals surface area contributed by atoms with Crippen LogP contribution in [0.25, 0.3) is 22.5 Å². The molecule has 1 heterocycles. The Morgan fingerprint density at radius 3 is 1.87 bits per heavy atom. The summed E-state index contributed by atoms with van der Waals surface area (Å²) in [6, 6.07) is 22.3. The highest BCUT2D eigenvalue weighted by molar-refractivity contribution is 5.65. The van der Waals surface area contributed by atoms with Crippen molar-refractivity contribution in [2.75, 3.05) is 0 Å². The topological polar surface area (TPSA) is 127 Å². The SMILES string of the molecule is CCCCCc1ccc(-c2ccc(-c3ccc(C#N)cc3)[o+]c2)cc1.[O-][Cl+3]([O-])([O-])[O-]. The highest BCUT2D eigenvalue weighted by atomic mass is 35.7. The van der Waals surface area contributed by atoms with E-state index in [0.29, 0.717) is 5.56 Å². The first-order chi connectivity index (χ1) is 14.3. The maximum Gasteiger partial charge on any atom is 0.359 e. The molecule has 0 aliphatic heterocycles. The minimum atomic E-state index is -4.94. The molecule has 30 heavy (non-hydrogen) atoms. The summed E-state index contributed by atoms with van der Waals surface area (Å²) >= 11 is 0. The van der Waals surface area contributed by atoms with Gasteiger partial charge >= 0.3 is 12.0 Å². The van der Waals surface area contributed by atoms with Gasteiger partial charge in [-0.2, -0.15) is 5.26 Å². The molecule has 7 heteroatoms. The molecule has 156 valence electrons. The van der Waals surface area contributed by atoms with E-state index in [0.717, 1.165) is 28.9 Å². The van der Waals surface area contributed by atoms with Crippen LogP contribution in [0.15, 0.2) is 71.3 Å². The predicted molar refractivity (Wildman–Crippen MR) is 102 cm³/mol. The lowest BCUT2D eigenvalue weighted by Gasteiger charge is -2.17. The summed E-state index contributed by atoms with van der Waals surface area (Å²) in [6.07, 6.45) is 6.74. The maximum atomic E-state index is 8.87. The average molecular weight is 428 g/mol. The fraction of sp³-hybridized carbons (Fsp3) is 0.217. The van der Waals surface area contributed by atoms with Crippen LogP contribution in [0.2, 0.25) is 0 Å². The quantitative estimate of drug-likeness (QED) is 0.435. The van der Waals surface area contributed by atoms with Gasteiger partial charge in [-0.05, 0) is 54.3 Å². The first-order valence-corrected chi connectivity index (χ1v) is 10.7. The van der Waals surface area contributed by atoms with Crippen molar-refractivity contribution in [2.45, 2.75) is 32.6 Å². The van der Waals surface area contributed by atoms with Crippen LogP contribution in [0.4, 0.5) is 0 Å². The van der Waals surface area contributed by atoms with Crippen LogP contribution >= 0.6 is 0 Å². The Balaban J connectivity index is 0.000000575. The van der Waals surface area contributed by atoms with E-state index >= 15 is 0 Å². The van der Waals surface area contributed by atoms with Crippen LogP contribution in [0, 0.1) is 21.6 Å². The second-order valence-corrected chi connectivity index (χ2v) is 7.37. The van der Waals surface area contributed by atoms with E-state index in [1.807, 2.05) is 18.2 Å². The van der Waals surface area contributed by atoms with Gasteiger partial charge in [0.05, 0.1) is 22.8 Å². The largest absolute Gasteiger partial charge is 0.359 e. The first-order valence-electron chi connectivity index (χ1n) is 9.43. The Hall–Kier alpha value is -2.79. The van der Waals surface area contributed by atoms with Crippen molar-refractivity contribution in [3.63, 3.8) is 0 Å². The first kappa shape index (κ1) is 23.5. The van der Waals surface area contributed by atoms with E-state index in [2.05, 4.69) is 43.3 Å². The number of benzene rings is 2. The van der Waals surface area contributed by atoms with Gasteiger partial charge in [0.1, 0.15) is 0 Å². The minimum absolute atomic E-state index is 0.652. The zero-order chi connectivity index (χ0) is 22.0. The lowest BCUT2D eigenvalue weighted by molar-refractivity contribution is -2.00. The summed E-state index contributed by atoms with van der Waals surface area (Å²) in [7, 11) is -4.94. The van der Waals surface area contributed by atoms with Gasteiger partial charge in [0.25, 0.3) is 0 Å². The fourth-order valence-electron chi connectivity index (χ4n) is 2.85. The summed E-state index contributed by atoms with van der Waals surface area (Å²) < 4.78 is 39.8. The second-order valence-electron chi connectivity index (χ2n) is 6.61. The highest BCUT2D eigenvalue weighted by Crippen LogP contribution is 2.25. The van der Waals surface area contributed by atoms with Gasteiger partial charge < -0.3 is 0 Å². The smallest absolute Gasteiger partial charge is 0.222 e. The molecule has 0 bridgehead atoms. The number of unbranched alkanes of at least 4 members (excludes halogenated alkanes) is 2. The Bertz CT molecular complexity index is 937. The molecule has 0 atom stereocenters. The molecular formula is C23H22ClNO5. The van der Waals surface area contributed by atoms with Crippen LogP contribution in [-0.2, 0) is 6.42 Å². The lowest BCUT2D eigenvalue weighted by Crippen LogP contribution is -2.68. The van der Waals surface area contributed by atoms with Crippen molar-refractivity contribution in [1.82, 2.24) is 0 Å². The Morgan fingerprint density at radius 1 is 0.800 bits per heavy atom. The number of halogens is 1. The molecule has 1 aromatic heterocycles. The van der Waals surface area contributed by atoms with Gasteiger partial charge in [0.2, 0.25) is 0 Å². The molecule has 0 N–H and O–H groups in total. The van der Waals surface area contributed by atoms with E-state index in [4.69, 9.17) is 28.3 Å². The fourth-order valence-corrected chi connectivity index (χ4v) is 2.85. The van der Waals surface area contributed by atoms with Crippen LogP contribution in [-0.4, -0.2) is 0 Å². The van der Waals surface area contributed by atoms with Gasteiger partial charge in [0, 0.05) is 6.07 Å².